The molecule has 9 nitrogen and oxygen atoms in total. The van der Waals surface area contributed by atoms with Gasteiger partial charge in [-0.3, -0.25) is 19.2 Å². The number of carbonyl (C=O) groups is 4. The summed E-state index contributed by atoms with van der Waals surface area (Å²) in [5, 5.41) is 2.67. The molecule has 1 N–H and O–H groups in total. The van der Waals surface area contributed by atoms with Gasteiger partial charge in [0.15, 0.2) is 12.2 Å². The van der Waals surface area contributed by atoms with E-state index in [0.717, 1.165) is 0 Å². The Hall–Kier alpha value is -2.42. The molecule has 0 spiro atoms. The van der Waals surface area contributed by atoms with Crippen molar-refractivity contribution in [2.75, 3.05) is 6.61 Å². The van der Waals surface area contributed by atoms with Crippen LogP contribution in [0.25, 0.3) is 0 Å². The summed E-state index contributed by atoms with van der Waals surface area (Å²) >= 11 is 0. The minimum absolute atomic E-state index is 0.202. The number of esters is 3. The molecule has 0 aliphatic carbocycles. The molecule has 0 aromatic rings. The van der Waals surface area contributed by atoms with Gasteiger partial charge in [-0.25, -0.2) is 0 Å². The number of carbonyl (C=O) groups excluding carboxylic acids is 4. The van der Waals surface area contributed by atoms with Gasteiger partial charge in [-0.15, -0.1) is 0 Å². The Labute approximate surface area is 152 Å². The Bertz CT molecular complexity index is 573. The predicted molar refractivity (Wildman–Crippen MR) is 88.8 cm³/mol. The van der Waals surface area contributed by atoms with E-state index in [2.05, 4.69) is 5.32 Å². The molecular formula is C17H25NO8. The van der Waals surface area contributed by atoms with Gasteiger partial charge in [0.2, 0.25) is 5.91 Å². The van der Waals surface area contributed by atoms with E-state index in [-0.39, 0.29) is 12.5 Å². The molecule has 5 atom stereocenters. The highest BCUT2D eigenvalue weighted by Gasteiger charge is 2.49. The molecule has 1 rings (SSSR count). The maximum atomic E-state index is 11.6. The summed E-state index contributed by atoms with van der Waals surface area (Å²) in [6.07, 6.45) is -0.259. The Balaban J connectivity index is 3.26. The standard InChI is InChI=1S/C17H25NO8/c1-6-7-13-15(18-9(2)19)17(25-12(5)22)16(24-11(4)21)14(26-13)8-23-10(3)20/h6-7,13-17H,8H2,1-5H3,(H,18,19)/b7-6+/t13-,14?,15?,16-,17?/m1/s1. The second-order valence-electron chi connectivity index (χ2n) is 5.84. The first-order chi connectivity index (χ1) is 12.1. The van der Waals surface area contributed by atoms with Crippen LogP contribution >= 0.6 is 0 Å². The molecule has 0 radical (unpaired) electrons. The van der Waals surface area contributed by atoms with E-state index in [1.807, 2.05) is 0 Å². The Morgan fingerprint density at radius 2 is 1.54 bits per heavy atom. The lowest BCUT2D eigenvalue weighted by Crippen LogP contribution is -2.65. The van der Waals surface area contributed by atoms with Crippen LogP contribution in [-0.4, -0.2) is 60.9 Å². The van der Waals surface area contributed by atoms with Crippen LogP contribution in [0.4, 0.5) is 0 Å². The van der Waals surface area contributed by atoms with Crippen molar-refractivity contribution in [3.05, 3.63) is 12.2 Å². The maximum absolute atomic E-state index is 11.6. The van der Waals surface area contributed by atoms with Crippen molar-refractivity contribution in [1.82, 2.24) is 5.32 Å². The third-order valence-corrected chi connectivity index (χ3v) is 3.54. The molecule has 9 heteroatoms. The first kappa shape index (κ1) is 21.6. The van der Waals surface area contributed by atoms with Crippen molar-refractivity contribution in [3.8, 4) is 0 Å². The van der Waals surface area contributed by atoms with Crippen LogP contribution in [0.5, 0.6) is 0 Å². The molecule has 1 saturated heterocycles. The van der Waals surface area contributed by atoms with E-state index >= 15 is 0 Å². The van der Waals surface area contributed by atoms with Gasteiger partial charge in [0, 0.05) is 27.7 Å². The van der Waals surface area contributed by atoms with Crippen molar-refractivity contribution < 1.29 is 38.1 Å². The molecule has 1 amide bonds. The summed E-state index contributed by atoms with van der Waals surface area (Å²) in [5.74, 6) is -2.15. The van der Waals surface area contributed by atoms with Crippen LogP contribution < -0.4 is 5.32 Å². The molecule has 0 saturated carbocycles. The van der Waals surface area contributed by atoms with Gasteiger partial charge in [-0.1, -0.05) is 12.2 Å². The minimum Gasteiger partial charge on any atom is -0.463 e. The molecule has 1 aliphatic rings. The van der Waals surface area contributed by atoms with Gasteiger partial charge in [0.25, 0.3) is 0 Å². The third kappa shape index (κ3) is 6.47. The van der Waals surface area contributed by atoms with Crippen LogP contribution in [0.3, 0.4) is 0 Å². The zero-order valence-corrected chi connectivity index (χ0v) is 15.5. The van der Waals surface area contributed by atoms with Gasteiger partial charge in [0.1, 0.15) is 18.8 Å². The average molecular weight is 371 g/mol. The van der Waals surface area contributed by atoms with E-state index in [4.69, 9.17) is 18.9 Å². The summed E-state index contributed by atoms with van der Waals surface area (Å²) < 4.78 is 21.5. The van der Waals surface area contributed by atoms with Gasteiger partial charge in [-0.2, -0.15) is 0 Å². The average Bonchev–Trinajstić information content (AvgIpc) is 2.50. The highest BCUT2D eigenvalue weighted by atomic mass is 16.6. The maximum Gasteiger partial charge on any atom is 0.303 e. The summed E-state index contributed by atoms with van der Waals surface area (Å²) in [6.45, 7) is 6.50. The highest BCUT2D eigenvalue weighted by Crippen LogP contribution is 2.27. The molecule has 0 aromatic carbocycles. The van der Waals surface area contributed by atoms with Crippen LogP contribution in [0.1, 0.15) is 34.6 Å². The van der Waals surface area contributed by atoms with Crippen molar-refractivity contribution in [1.29, 1.82) is 0 Å². The number of allylic oxidation sites excluding steroid dienone is 1. The first-order valence-electron chi connectivity index (χ1n) is 8.18. The molecular weight excluding hydrogens is 346 g/mol. The summed E-state index contributed by atoms with van der Waals surface area (Å²) in [5.41, 5.74) is 0. The largest absolute Gasteiger partial charge is 0.463 e. The van der Waals surface area contributed by atoms with Crippen LogP contribution in [-0.2, 0) is 38.1 Å². The minimum atomic E-state index is -1.06. The molecule has 1 heterocycles. The predicted octanol–water partition coefficient (Wildman–Crippen LogP) is 0.261. The van der Waals surface area contributed by atoms with E-state index in [1.165, 1.54) is 27.7 Å². The number of ether oxygens (including phenoxy) is 4. The van der Waals surface area contributed by atoms with Crippen molar-refractivity contribution in [2.45, 2.75) is 65.1 Å². The second-order valence-corrected chi connectivity index (χ2v) is 5.84. The van der Waals surface area contributed by atoms with Gasteiger partial charge in [0.05, 0.1) is 6.04 Å². The van der Waals surface area contributed by atoms with Gasteiger partial charge < -0.3 is 24.3 Å². The first-order valence-corrected chi connectivity index (χ1v) is 8.18. The smallest absolute Gasteiger partial charge is 0.303 e. The second kappa shape index (κ2) is 9.91. The number of rotatable bonds is 6. The molecule has 146 valence electrons. The number of hydrogen-bond donors (Lipinski definition) is 1. The summed E-state index contributed by atoms with van der Waals surface area (Å²) in [4.78, 5) is 45.9. The van der Waals surface area contributed by atoms with E-state index in [1.54, 1.807) is 19.1 Å². The molecule has 0 aromatic heterocycles. The van der Waals surface area contributed by atoms with Crippen molar-refractivity contribution in [3.63, 3.8) is 0 Å². The quantitative estimate of drug-likeness (QED) is 0.401. The van der Waals surface area contributed by atoms with Crippen molar-refractivity contribution in [2.24, 2.45) is 0 Å². The number of hydrogen-bond acceptors (Lipinski definition) is 8. The van der Waals surface area contributed by atoms with Crippen LogP contribution in [0, 0.1) is 0 Å². The van der Waals surface area contributed by atoms with Gasteiger partial charge >= 0.3 is 17.9 Å². The molecule has 1 fully saturated rings. The summed E-state index contributed by atoms with van der Waals surface area (Å²) in [6, 6.07) is -0.787. The van der Waals surface area contributed by atoms with E-state index < -0.39 is 48.4 Å². The normalized spacial score (nSPS) is 28.3. The fourth-order valence-corrected chi connectivity index (χ4v) is 2.72. The lowest BCUT2D eigenvalue weighted by Gasteiger charge is -2.44. The van der Waals surface area contributed by atoms with E-state index in [9.17, 15) is 19.2 Å². The van der Waals surface area contributed by atoms with E-state index in [0.29, 0.717) is 0 Å². The third-order valence-electron chi connectivity index (χ3n) is 3.54. The Kier molecular flexibility index (Phi) is 8.24. The fraction of sp³-hybridized carbons (Fsp3) is 0.647. The topological polar surface area (TPSA) is 117 Å². The molecule has 26 heavy (non-hydrogen) atoms. The molecule has 3 unspecified atom stereocenters. The zero-order valence-electron chi connectivity index (χ0n) is 15.5. The zero-order chi connectivity index (χ0) is 19.9. The SMILES string of the molecule is C/C=C/[C@H]1OC(COC(C)=O)[C@@H](OC(C)=O)C(OC(C)=O)C1NC(C)=O. The van der Waals surface area contributed by atoms with Crippen LogP contribution in [0.15, 0.2) is 12.2 Å². The Morgan fingerprint density at radius 3 is 2.00 bits per heavy atom. The van der Waals surface area contributed by atoms with Gasteiger partial charge in [-0.05, 0) is 6.92 Å². The number of amides is 1. The molecule has 0 bridgehead atoms. The van der Waals surface area contributed by atoms with Crippen molar-refractivity contribution >= 4 is 23.8 Å². The summed E-state index contributed by atoms with van der Waals surface area (Å²) in [7, 11) is 0. The monoisotopic (exact) mass is 371 g/mol. The Morgan fingerprint density at radius 1 is 0.962 bits per heavy atom. The van der Waals surface area contributed by atoms with Crippen LogP contribution in [0.2, 0.25) is 0 Å². The molecule has 1 aliphatic heterocycles. The lowest BCUT2D eigenvalue weighted by atomic mass is 9.91. The number of nitrogens with one attached hydrogen (secondary N) is 1. The lowest BCUT2D eigenvalue weighted by molar-refractivity contribution is -0.217. The highest BCUT2D eigenvalue weighted by molar-refractivity contribution is 5.74. The fourth-order valence-electron chi connectivity index (χ4n) is 2.72.